The lowest BCUT2D eigenvalue weighted by Gasteiger charge is -2.22. The van der Waals surface area contributed by atoms with Gasteiger partial charge in [0.2, 0.25) is 15.9 Å². The Hall–Kier alpha value is -1.12. The topological polar surface area (TPSA) is 75.7 Å². The fourth-order valence-corrected chi connectivity index (χ4v) is 4.07. The Morgan fingerprint density at radius 1 is 1.35 bits per heavy atom. The molecule has 0 saturated carbocycles. The molecule has 0 spiro atoms. The number of carbonyl (C=O) groups excluding carboxylic acids is 1. The SMILES string of the molecule is CCOc1ccc(Br)cc1S(=O)(=O)N(CC)CC(=O)NC(C)C. The first-order valence-electron chi connectivity index (χ1n) is 7.44. The molecule has 23 heavy (non-hydrogen) atoms. The molecule has 6 nitrogen and oxygen atoms in total. The van der Waals surface area contributed by atoms with Gasteiger partial charge in [-0.05, 0) is 39.0 Å². The highest BCUT2D eigenvalue weighted by molar-refractivity contribution is 9.10. The van der Waals surface area contributed by atoms with E-state index in [2.05, 4.69) is 21.2 Å². The van der Waals surface area contributed by atoms with Crippen LogP contribution in [0.25, 0.3) is 0 Å². The lowest BCUT2D eigenvalue weighted by Crippen LogP contribution is -2.42. The van der Waals surface area contributed by atoms with Gasteiger partial charge in [0.05, 0.1) is 13.2 Å². The number of rotatable bonds is 8. The van der Waals surface area contributed by atoms with Crippen LogP contribution in [0.15, 0.2) is 27.6 Å². The number of nitrogens with zero attached hydrogens (tertiary/aromatic N) is 1. The van der Waals surface area contributed by atoms with Crippen molar-refractivity contribution >= 4 is 31.9 Å². The molecule has 130 valence electrons. The molecule has 0 aromatic heterocycles. The fourth-order valence-electron chi connectivity index (χ4n) is 1.99. The van der Waals surface area contributed by atoms with Gasteiger partial charge in [0.15, 0.2) is 0 Å². The predicted octanol–water partition coefficient (Wildman–Crippen LogP) is 2.38. The van der Waals surface area contributed by atoms with Gasteiger partial charge in [-0.2, -0.15) is 4.31 Å². The molecule has 0 bridgehead atoms. The Morgan fingerprint density at radius 3 is 2.52 bits per heavy atom. The Labute approximate surface area is 146 Å². The molecule has 0 atom stereocenters. The summed E-state index contributed by atoms with van der Waals surface area (Å²) in [6.45, 7) is 7.43. The minimum atomic E-state index is -3.84. The van der Waals surface area contributed by atoms with E-state index in [-0.39, 0.29) is 35.7 Å². The quantitative estimate of drug-likeness (QED) is 0.718. The summed E-state index contributed by atoms with van der Waals surface area (Å²) in [5.74, 6) is -0.0585. The van der Waals surface area contributed by atoms with Gasteiger partial charge in [0.25, 0.3) is 0 Å². The highest BCUT2D eigenvalue weighted by atomic mass is 79.9. The monoisotopic (exact) mass is 406 g/mol. The van der Waals surface area contributed by atoms with Crippen LogP contribution < -0.4 is 10.1 Å². The van der Waals surface area contributed by atoms with Crippen LogP contribution in [0.1, 0.15) is 27.7 Å². The summed E-state index contributed by atoms with van der Waals surface area (Å²) < 4.78 is 32.9. The smallest absolute Gasteiger partial charge is 0.247 e. The van der Waals surface area contributed by atoms with Crippen molar-refractivity contribution in [2.75, 3.05) is 19.7 Å². The standard InChI is InChI=1S/C15H23BrN2O4S/c1-5-18(10-15(19)17-11(3)4)23(20,21)14-9-12(16)7-8-13(14)22-6-2/h7-9,11H,5-6,10H2,1-4H3,(H,17,19). The number of ether oxygens (including phenoxy) is 1. The van der Waals surface area contributed by atoms with Crippen molar-refractivity contribution in [1.29, 1.82) is 0 Å². The molecule has 8 heteroatoms. The second-order valence-electron chi connectivity index (χ2n) is 5.18. The molecule has 0 unspecified atom stereocenters. The van der Waals surface area contributed by atoms with E-state index < -0.39 is 10.0 Å². The van der Waals surface area contributed by atoms with Crippen molar-refractivity contribution < 1.29 is 17.9 Å². The van der Waals surface area contributed by atoms with E-state index in [0.29, 0.717) is 11.1 Å². The van der Waals surface area contributed by atoms with E-state index in [4.69, 9.17) is 4.74 Å². The van der Waals surface area contributed by atoms with Gasteiger partial charge in [0, 0.05) is 17.1 Å². The summed E-state index contributed by atoms with van der Waals surface area (Å²) in [5.41, 5.74) is 0. The molecule has 1 aromatic carbocycles. The van der Waals surface area contributed by atoms with Gasteiger partial charge < -0.3 is 10.1 Å². The molecular weight excluding hydrogens is 384 g/mol. The van der Waals surface area contributed by atoms with Crippen molar-refractivity contribution in [3.8, 4) is 5.75 Å². The van der Waals surface area contributed by atoms with E-state index in [1.807, 2.05) is 13.8 Å². The molecule has 0 fully saturated rings. The average molecular weight is 407 g/mol. The summed E-state index contributed by atoms with van der Waals surface area (Å²) in [5, 5.41) is 2.70. The zero-order chi connectivity index (χ0) is 17.6. The summed E-state index contributed by atoms with van der Waals surface area (Å²) >= 11 is 3.28. The third kappa shape index (κ3) is 5.47. The Morgan fingerprint density at radius 2 is 2.00 bits per heavy atom. The minimum absolute atomic E-state index is 0.0474. The van der Waals surface area contributed by atoms with Crippen molar-refractivity contribution in [3.05, 3.63) is 22.7 Å². The zero-order valence-corrected chi connectivity index (χ0v) is 16.2. The van der Waals surface area contributed by atoms with Crippen LogP contribution in [0.2, 0.25) is 0 Å². The van der Waals surface area contributed by atoms with Gasteiger partial charge in [-0.25, -0.2) is 8.42 Å². The Bertz CT molecular complexity index is 647. The number of hydrogen-bond donors (Lipinski definition) is 1. The van der Waals surface area contributed by atoms with Crippen molar-refractivity contribution in [2.24, 2.45) is 0 Å². The van der Waals surface area contributed by atoms with Crippen LogP contribution in [-0.2, 0) is 14.8 Å². The minimum Gasteiger partial charge on any atom is -0.492 e. The first-order chi connectivity index (χ1) is 10.7. The first-order valence-corrected chi connectivity index (χ1v) is 9.67. The second-order valence-corrected chi connectivity index (χ2v) is 8.00. The number of amides is 1. The van der Waals surface area contributed by atoms with E-state index >= 15 is 0 Å². The summed E-state index contributed by atoms with van der Waals surface area (Å²) in [4.78, 5) is 12.0. The van der Waals surface area contributed by atoms with Gasteiger partial charge in [-0.15, -0.1) is 0 Å². The zero-order valence-electron chi connectivity index (χ0n) is 13.8. The maximum Gasteiger partial charge on any atom is 0.247 e. The second kappa shape index (κ2) is 8.65. The van der Waals surface area contributed by atoms with Crippen LogP contribution in [0.4, 0.5) is 0 Å². The largest absolute Gasteiger partial charge is 0.492 e. The number of benzene rings is 1. The van der Waals surface area contributed by atoms with E-state index in [1.54, 1.807) is 26.0 Å². The van der Waals surface area contributed by atoms with E-state index in [1.165, 1.54) is 6.07 Å². The summed E-state index contributed by atoms with van der Waals surface area (Å²) in [6, 6.07) is 4.76. The maximum absolute atomic E-state index is 12.9. The maximum atomic E-state index is 12.9. The summed E-state index contributed by atoms with van der Waals surface area (Å²) in [6.07, 6.45) is 0. The van der Waals surface area contributed by atoms with Crippen molar-refractivity contribution in [2.45, 2.75) is 38.6 Å². The average Bonchev–Trinajstić information content (AvgIpc) is 2.45. The molecule has 0 saturated heterocycles. The highest BCUT2D eigenvalue weighted by Gasteiger charge is 2.28. The van der Waals surface area contributed by atoms with Crippen LogP contribution >= 0.6 is 15.9 Å². The van der Waals surface area contributed by atoms with Gasteiger partial charge >= 0.3 is 0 Å². The molecule has 1 N–H and O–H groups in total. The number of carbonyl (C=O) groups is 1. The lowest BCUT2D eigenvalue weighted by molar-refractivity contribution is -0.121. The molecule has 0 heterocycles. The molecule has 1 amide bonds. The number of hydrogen-bond acceptors (Lipinski definition) is 4. The van der Waals surface area contributed by atoms with E-state index in [0.717, 1.165) is 4.31 Å². The van der Waals surface area contributed by atoms with Crippen molar-refractivity contribution in [1.82, 2.24) is 9.62 Å². The number of likely N-dealkylation sites (N-methyl/N-ethyl adjacent to an activating group) is 1. The van der Waals surface area contributed by atoms with Gasteiger partial charge in [0.1, 0.15) is 10.6 Å². The van der Waals surface area contributed by atoms with Gasteiger partial charge in [-0.3, -0.25) is 4.79 Å². The lowest BCUT2D eigenvalue weighted by atomic mass is 10.3. The normalized spacial score (nSPS) is 11.8. The predicted molar refractivity (Wildman–Crippen MR) is 93.0 cm³/mol. The molecular formula is C15H23BrN2O4S. The Balaban J connectivity index is 3.17. The third-order valence-electron chi connectivity index (χ3n) is 2.95. The van der Waals surface area contributed by atoms with Gasteiger partial charge in [-0.1, -0.05) is 22.9 Å². The van der Waals surface area contributed by atoms with Crippen LogP contribution in [0.3, 0.4) is 0 Å². The van der Waals surface area contributed by atoms with Crippen LogP contribution in [0, 0.1) is 0 Å². The Kier molecular flexibility index (Phi) is 7.50. The molecule has 1 rings (SSSR count). The molecule has 0 aliphatic rings. The highest BCUT2D eigenvalue weighted by Crippen LogP contribution is 2.30. The number of halogens is 1. The molecule has 1 aromatic rings. The van der Waals surface area contributed by atoms with E-state index in [9.17, 15) is 13.2 Å². The molecule has 0 aliphatic heterocycles. The summed E-state index contributed by atoms with van der Waals surface area (Å²) in [7, 11) is -3.84. The first kappa shape index (κ1) is 19.9. The van der Waals surface area contributed by atoms with Crippen LogP contribution in [-0.4, -0.2) is 44.4 Å². The number of sulfonamides is 1. The molecule has 0 radical (unpaired) electrons. The molecule has 0 aliphatic carbocycles. The third-order valence-corrected chi connectivity index (χ3v) is 5.38. The van der Waals surface area contributed by atoms with Crippen LogP contribution in [0.5, 0.6) is 5.75 Å². The number of nitrogens with one attached hydrogen (secondary N) is 1. The van der Waals surface area contributed by atoms with Crippen molar-refractivity contribution in [3.63, 3.8) is 0 Å². The fraction of sp³-hybridized carbons (Fsp3) is 0.533.